The first-order chi connectivity index (χ1) is 12.3. The molecule has 1 aromatic carbocycles. The first kappa shape index (κ1) is 20.6. The van der Waals surface area contributed by atoms with Gasteiger partial charge >= 0.3 is 0 Å². The summed E-state index contributed by atoms with van der Waals surface area (Å²) in [6.45, 7) is 5.99. The average molecular weight is 387 g/mol. The molecule has 7 nitrogen and oxygen atoms in total. The van der Waals surface area contributed by atoms with Gasteiger partial charge in [-0.3, -0.25) is 14.0 Å². The summed E-state index contributed by atoms with van der Waals surface area (Å²) in [7, 11) is -3.74. The Kier molecular flexibility index (Phi) is 7.36. The van der Waals surface area contributed by atoms with Gasteiger partial charge in [-0.2, -0.15) is 0 Å². The molecule has 0 aliphatic carbocycles. The summed E-state index contributed by atoms with van der Waals surface area (Å²) in [6, 6.07) is 4.22. The minimum Gasteiger partial charge on any atom is -0.379 e. The zero-order valence-corrected chi connectivity index (χ0v) is 16.0. The van der Waals surface area contributed by atoms with E-state index < -0.39 is 27.8 Å². The van der Waals surface area contributed by atoms with Crippen LogP contribution in [-0.4, -0.2) is 70.9 Å². The molecule has 1 aliphatic heterocycles. The number of hydrogen-bond donors (Lipinski definition) is 1. The monoisotopic (exact) mass is 387 g/mol. The van der Waals surface area contributed by atoms with Crippen molar-refractivity contribution in [1.82, 2.24) is 10.2 Å². The number of nitrogens with zero attached hydrogens (tertiary/aromatic N) is 2. The van der Waals surface area contributed by atoms with Crippen LogP contribution in [0.25, 0.3) is 0 Å². The van der Waals surface area contributed by atoms with E-state index in [1.807, 2.05) is 0 Å². The molecule has 0 spiro atoms. The highest BCUT2D eigenvalue weighted by Gasteiger charge is 2.29. The lowest BCUT2D eigenvalue weighted by atomic mass is 10.2. The summed E-state index contributed by atoms with van der Waals surface area (Å²) in [5, 5.41) is 2.76. The second-order valence-electron chi connectivity index (χ2n) is 6.31. The van der Waals surface area contributed by atoms with E-state index in [-0.39, 0.29) is 5.69 Å². The minimum atomic E-state index is -3.74. The van der Waals surface area contributed by atoms with Crippen molar-refractivity contribution in [3.63, 3.8) is 0 Å². The second-order valence-corrected chi connectivity index (χ2v) is 8.17. The van der Waals surface area contributed by atoms with E-state index in [4.69, 9.17) is 4.74 Å². The van der Waals surface area contributed by atoms with Crippen molar-refractivity contribution >= 4 is 21.6 Å². The number of anilines is 1. The molecule has 1 amide bonds. The quantitative estimate of drug-likeness (QED) is 0.668. The number of carbonyl (C=O) groups is 1. The van der Waals surface area contributed by atoms with Crippen molar-refractivity contribution < 1.29 is 22.3 Å². The molecule has 1 aromatic rings. The van der Waals surface area contributed by atoms with Gasteiger partial charge in [0, 0.05) is 19.6 Å². The van der Waals surface area contributed by atoms with Crippen molar-refractivity contribution in [3.05, 3.63) is 30.1 Å². The Morgan fingerprint density at radius 2 is 2.08 bits per heavy atom. The van der Waals surface area contributed by atoms with Gasteiger partial charge in [0.15, 0.2) is 0 Å². The van der Waals surface area contributed by atoms with E-state index >= 15 is 0 Å². The highest BCUT2D eigenvalue weighted by molar-refractivity contribution is 7.92. The van der Waals surface area contributed by atoms with Crippen LogP contribution in [-0.2, 0) is 19.6 Å². The Bertz CT molecular complexity index is 708. The molecule has 0 bridgehead atoms. The summed E-state index contributed by atoms with van der Waals surface area (Å²) < 4.78 is 44.0. The fraction of sp³-hybridized carbons (Fsp3) is 0.588. The molecule has 2 rings (SSSR count). The van der Waals surface area contributed by atoms with Crippen molar-refractivity contribution in [2.45, 2.75) is 19.4 Å². The molecule has 0 saturated carbocycles. The van der Waals surface area contributed by atoms with Gasteiger partial charge in [0.2, 0.25) is 15.9 Å². The number of ether oxygens (including phenoxy) is 1. The number of nitrogens with one attached hydrogen (secondary N) is 1. The van der Waals surface area contributed by atoms with E-state index in [9.17, 15) is 17.6 Å². The summed E-state index contributed by atoms with van der Waals surface area (Å²) in [5.41, 5.74) is 0.128. The fourth-order valence-corrected chi connectivity index (χ4v) is 4.08. The summed E-state index contributed by atoms with van der Waals surface area (Å²) in [5.74, 6) is -0.976. The lowest BCUT2D eigenvalue weighted by molar-refractivity contribution is -0.121. The van der Waals surface area contributed by atoms with Gasteiger partial charge in [-0.25, -0.2) is 12.8 Å². The maximum absolute atomic E-state index is 13.5. The first-order valence-corrected chi connectivity index (χ1v) is 10.5. The summed E-state index contributed by atoms with van der Waals surface area (Å²) in [6.07, 6.45) is 1.76. The summed E-state index contributed by atoms with van der Waals surface area (Å²) >= 11 is 0. The molecule has 1 atom stereocenters. The average Bonchev–Trinajstić information content (AvgIpc) is 2.58. The number of rotatable bonds is 8. The van der Waals surface area contributed by atoms with Crippen LogP contribution in [0.15, 0.2) is 24.3 Å². The number of carbonyl (C=O) groups excluding carboxylic acids is 1. The zero-order valence-electron chi connectivity index (χ0n) is 15.2. The van der Waals surface area contributed by atoms with E-state index in [2.05, 4.69) is 10.2 Å². The highest BCUT2D eigenvalue weighted by Crippen LogP contribution is 2.21. The lowest BCUT2D eigenvalue weighted by Crippen LogP contribution is -2.48. The molecular formula is C17H26FN3O4S. The normalized spacial score (nSPS) is 16.9. The number of benzene rings is 1. The smallest absolute Gasteiger partial charge is 0.243 e. The Labute approximate surface area is 154 Å². The van der Waals surface area contributed by atoms with Crippen LogP contribution in [0.4, 0.5) is 10.1 Å². The predicted octanol–water partition coefficient (Wildman–Crippen LogP) is 0.819. The maximum Gasteiger partial charge on any atom is 0.243 e. The topological polar surface area (TPSA) is 79.0 Å². The Hall–Kier alpha value is -1.71. The predicted molar refractivity (Wildman–Crippen MR) is 98.1 cm³/mol. The second kappa shape index (κ2) is 9.29. The molecular weight excluding hydrogens is 361 g/mol. The van der Waals surface area contributed by atoms with Crippen molar-refractivity contribution in [3.8, 4) is 0 Å². The largest absolute Gasteiger partial charge is 0.379 e. The van der Waals surface area contributed by atoms with Gasteiger partial charge in [-0.1, -0.05) is 6.07 Å². The van der Waals surface area contributed by atoms with E-state index in [1.54, 1.807) is 0 Å². The molecule has 146 valence electrons. The van der Waals surface area contributed by atoms with E-state index in [1.165, 1.54) is 25.1 Å². The van der Waals surface area contributed by atoms with Crippen LogP contribution in [0.5, 0.6) is 0 Å². The molecule has 1 fully saturated rings. The molecule has 0 unspecified atom stereocenters. The third-order valence-electron chi connectivity index (χ3n) is 4.21. The van der Waals surface area contributed by atoms with Crippen LogP contribution in [0.2, 0.25) is 0 Å². The molecule has 0 aromatic heterocycles. The molecule has 9 heteroatoms. The van der Waals surface area contributed by atoms with Gasteiger partial charge in [0.05, 0.1) is 25.2 Å². The highest BCUT2D eigenvalue weighted by atomic mass is 32.2. The van der Waals surface area contributed by atoms with Crippen LogP contribution < -0.4 is 9.62 Å². The zero-order chi connectivity index (χ0) is 19.2. The molecule has 1 aliphatic rings. The number of morpholine rings is 1. The van der Waals surface area contributed by atoms with Crippen molar-refractivity contribution in [2.75, 3.05) is 50.0 Å². The fourth-order valence-electron chi connectivity index (χ4n) is 2.91. The van der Waals surface area contributed by atoms with Crippen molar-refractivity contribution in [2.24, 2.45) is 0 Å². The lowest BCUT2D eigenvalue weighted by Gasteiger charge is -2.29. The first-order valence-electron chi connectivity index (χ1n) is 8.62. The van der Waals surface area contributed by atoms with Crippen LogP contribution in [0, 0.1) is 5.82 Å². The molecule has 1 heterocycles. The van der Waals surface area contributed by atoms with Gasteiger partial charge < -0.3 is 10.1 Å². The van der Waals surface area contributed by atoms with Gasteiger partial charge in [-0.15, -0.1) is 0 Å². The van der Waals surface area contributed by atoms with Crippen molar-refractivity contribution in [1.29, 1.82) is 0 Å². The number of hydrogen-bond acceptors (Lipinski definition) is 5. The Morgan fingerprint density at radius 3 is 2.69 bits per heavy atom. The van der Waals surface area contributed by atoms with Gasteiger partial charge in [0.1, 0.15) is 11.9 Å². The number of sulfonamides is 1. The standard InChI is InChI=1S/C17H26FN3O4S/c1-14(17(22)19-7-4-8-20-9-11-25-12-10-20)21(26(2,23)24)16-6-3-5-15(18)13-16/h3,5-6,13-14H,4,7-12H2,1-2H3,(H,19,22)/t14-/m1/s1. The minimum absolute atomic E-state index is 0.128. The SMILES string of the molecule is C[C@H](C(=O)NCCCN1CCOCC1)N(c1cccc(F)c1)S(C)(=O)=O. The Balaban J connectivity index is 1.92. The third-order valence-corrected chi connectivity index (χ3v) is 5.45. The Morgan fingerprint density at radius 1 is 1.38 bits per heavy atom. The van der Waals surface area contributed by atoms with Crippen LogP contribution in [0.1, 0.15) is 13.3 Å². The molecule has 1 N–H and O–H groups in total. The number of halogens is 1. The van der Waals surface area contributed by atoms with E-state index in [0.29, 0.717) is 6.54 Å². The molecule has 0 radical (unpaired) electrons. The van der Waals surface area contributed by atoms with Gasteiger partial charge in [0.25, 0.3) is 0 Å². The van der Waals surface area contributed by atoms with Crippen LogP contribution in [0.3, 0.4) is 0 Å². The summed E-state index contributed by atoms with van der Waals surface area (Å²) in [4.78, 5) is 14.7. The molecule has 1 saturated heterocycles. The van der Waals surface area contributed by atoms with E-state index in [0.717, 1.165) is 55.9 Å². The number of amides is 1. The maximum atomic E-state index is 13.5. The molecule has 26 heavy (non-hydrogen) atoms. The third kappa shape index (κ3) is 5.93. The van der Waals surface area contributed by atoms with Gasteiger partial charge in [-0.05, 0) is 38.1 Å². The van der Waals surface area contributed by atoms with Crippen LogP contribution >= 0.6 is 0 Å².